The molecule has 0 spiro atoms. The molecular formula is C12H17NO5. The van der Waals surface area contributed by atoms with Crippen LogP contribution in [0.5, 0.6) is 17.2 Å². The van der Waals surface area contributed by atoms with Crippen LogP contribution in [0, 0.1) is 0 Å². The molecule has 0 heterocycles. The average molecular weight is 255 g/mol. The van der Waals surface area contributed by atoms with Crippen LogP contribution in [0.3, 0.4) is 0 Å². The second-order valence-electron chi connectivity index (χ2n) is 3.67. The van der Waals surface area contributed by atoms with E-state index in [1.54, 1.807) is 12.1 Å². The Labute approximate surface area is 105 Å². The lowest BCUT2D eigenvalue weighted by Gasteiger charge is -2.11. The van der Waals surface area contributed by atoms with Gasteiger partial charge in [-0.05, 0) is 17.7 Å². The molecule has 0 fully saturated rings. The number of benzene rings is 1. The lowest BCUT2D eigenvalue weighted by atomic mass is 10.2. The highest BCUT2D eigenvalue weighted by molar-refractivity contribution is 5.66. The average Bonchev–Trinajstić information content (AvgIpc) is 2.35. The van der Waals surface area contributed by atoms with E-state index in [9.17, 15) is 9.90 Å². The Balaban J connectivity index is 2.68. The molecule has 0 unspecified atom stereocenters. The minimum Gasteiger partial charge on any atom is -0.502 e. The molecule has 0 aliphatic carbocycles. The first-order valence-corrected chi connectivity index (χ1v) is 5.44. The Hall–Kier alpha value is -1.95. The zero-order chi connectivity index (χ0) is 13.5. The van der Waals surface area contributed by atoms with Gasteiger partial charge < -0.3 is 25.0 Å². The SMILES string of the molecule is COc1cc(CNCCC(=O)O)cc(OC)c1O. The van der Waals surface area contributed by atoms with E-state index < -0.39 is 5.97 Å². The first-order valence-electron chi connectivity index (χ1n) is 5.44. The van der Waals surface area contributed by atoms with Gasteiger partial charge in [-0.25, -0.2) is 0 Å². The topological polar surface area (TPSA) is 88.0 Å². The number of aromatic hydroxyl groups is 1. The van der Waals surface area contributed by atoms with Crippen molar-refractivity contribution in [2.45, 2.75) is 13.0 Å². The molecule has 1 aromatic carbocycles. The van der Waals surface area contributed by atoms with Crippen LogP contribution in [0.1, 0.15) is 12.0 Å². The highest BCUT2D eigenvalue weighted by Crippen LogP contribution is 2.36. The monoisotopic (exact) mass is 255 g/mol. The van der Waals surface area contributed by atoms with Gasteiger partial charge in [0.25, 0.3) is 0 Å². The fourth-order valence-electron chi connectivity index (χ4n) is 1.48. The summed E-state index contributed by atoms with van der Waals surface area (Å²) >= 11 is 0. The fraction of sp³-hybridized carbons (Fsp3) is 0.417. The van der Waals surface area contributed by atoms with Crippen molar-refractivity contribution < 1.29 is 24.5 Å². The van der Waals surface area contributed by atoms with Gasteiger partial charge in [-0.15, -0.1) is 0 Å². The minimum atomic E-state index is -0.844. The summed E-state index contributed by atoms with van der Waals surface area (Å²) < 4.78 is 10.0. The van der Waals surface area contributed by atoms with E-state index in [0.717, 1.165) is 5.56 Å². The Bertz CT molecular complexity index is 394. The number of methoxy groups -OCH3 is 2. The minimum absolute atomic E-state index is 0.0470. The van der Waals surface area contributed by atoms with Crippen LogP contribution < -0.4 is 14.8 Å². The van der Waals surface area contributed by atoms with Crippen molar-refractivity contribution in [3.63, 3.8) is 0 Å². The summed E-state index contributed by atoms with van der Waals surface area (Å²) in [5.74, 6) is -0.244. The number of ether oxygens (including phenoxy) is 2. The molecule has 0 aliphatic rings. The number of phenolic OH excluding ortho intramolecular Hbond substituents is 1. The molecule has 0 bridgehead atoms. The van der Waals surface area contributed by atoms with Crippen molar-refractivity contribution in [3.05, 3.63) is 17.7 Å². The third-order valence-corrected chi connectivity index (χ3v) is 2.38. The van der Waals surface area contributed by atoms with Gasteiger partial charge in [-0.3, -0.25) is 4.79 Å². The van der Waals surface area contributed by atoms with Crippen molar-refractivity contribution in [2.24, 2.45) is 0 Å². The van der Waals surface area contributed by atoms with Gasteiger partial charge in [-0.1, -0.05) is 0 Å². The molecule has 0 aliphatic heterocycles. The maximum absolute atomic E-state index is 10.3. The smallest absolute Gasteiger partial charge is 0.304 e. The molecule has 1 aromatic rings. The van der Waals surface area contributed by atoms with E-state index in [1.165, 1.54) is 14.2 Å². The Morgan fingerprint density at radius 3 is 2.28 bits per heavy atom. The summed E-state index contributed by atoms with van der Waals surface area (Å²) in [6.45, 7) is 0.848. The summed E-state index contributed by atoms with van der Waals surface area (Å²) in [5, 5.41) is 21.2. The number of aliphatic carboxylic acids is 1. The highest BCUT2D eigenvalue weighted by atomic mass is 16.5. The highest BCUT2D eigenvalue weighted by Gasteiger charge is 2.10. The Morgan fingerprint density at radius 1 is 1.28 bits per heavy atom. The predicted molar refractivity (Wildman–Crippen MR) is 65.2 cm³/mol. The number of nitrogens with one attached hydrogen (secondary N) is 1. The number of phenols is 1. The number of hydrogen-bond donors (Lipinski definition) is 3. The second-order valence-corrected chi connectivity index (χ2v) is 3.67. The maximum Gasteiger partial charge on any atom is 0.304 e. The molecule has 0 atom stereocenters. The molecule has 1 rings (SSSR count). The molecule has 3 N–H and O–H groups in total. The van der Waals surface area contributed by atoms with Crippen molar-refractivity contribution in [3.8, 4) is 17.2 Å². The quantitative estimate of drug-likeness (QED) is 0.629. The van der Waals surface area contributed by atoms with Crippen LogP contribution >= 0.6 is 0 Å². The van der Waals surface area contributed by atoms with Crippen LogP contribution in [-0.4, -0.2) is 36.9 Å². The lowest BCUT2D eigenvalue weighted by Crippen LogP contribution is -2.17. The Morgan fingerprint density at radius 2 is 1.83 bits per heavy atom. The molecule has 0 amide bonds. The van der Waals surface area contributed by atoms with E-state index in [1.807, 2.05) is 0 Å². The van der Waals surface area contributed by atoms with E-state index in [0.29, 0.717) is 24.6 Å². The van der Waals surface area contributed by atoms with Crippen LogP contribution in [0.4, 0.5) is 0 Å². The van der Waals surface area contributed by atoms with E-state index in [-0.39, 0.29) is 12.2 Å². The van der Waals surface area contributed by atoms with Crippen LogP contribution in [0.2, 0.25) is 0 Å². The standard InChI is InChI=1S/C12H17NO5/c1-17-9-5-8(6-10(18-2)12(9)16)7-13-4-3-11(14)15/h5-6,13,16H,3-4,7H2,1-2H3,(H,14,15). The van der Waals surface area contributed by atoms with Gasteiger partial charge in [0.1, 0.15) is 0 Å². The van der Waals surface area contributed by atoms with Crippen LogP contribution in [0.25, 0.3) is 0 Å². The maximum atomic E-state index is 10.3. The molecule has 6 nitrogen and oxygen atoms in total. The molecule has 0 saturated heterocycles. The summed E-state index contributed by atoms with van der Waals surface area (Å²) in [6, 6.07) is 3.34. The van der Waals surface area contributed by atoms with Crippen LogP contribution in [0.15, 0.2) is 12.1 Å². The van der Waals surface area contributed by atoms with E-state index in [4.69, 9.17) is 14.6 Å². The molecule has 100 valence electrons. The van der Waals surface area contributed by atoms with Gasteiger partial charge in [0.2, 0.25) is 5.75 Å². The normalized spacial score (nSPS) is 10.1. The van der Waals surface area contributed by atoms with Crippen molar-refractivity contribution >= 4 is 5.97 Å². The largest absolute Gasteiger partial charge is 0.502 e. The summed E-state index contributed by atoms with van der Waals surface area (Å²) in [6.07, 6.45) is 0.0619. The number of carboxylic acids is 1. The van der Waals surface area contributed by atoms with Gasteiger partial charge in [0.05, 0.1) is 20.6 Å². The van der Waals surface area contributed by atoms with Crippen molar-refractivity contribution in [1.82, 2.24) is 5.32 Å². The lowest BCUT2D eigenvalue weighted by molar-refractivity contribution is -0.136. The van der Waals surface area contributed by atoms with Crippen molar-refractivity contribution in [2.75, 3.05) is 20.8 Å². The third-order valence-electron chi connectivity index (χ3n) is 2.38. The van der Waals surface area contributed by atoms with Gasteiger partial charge in [0.15, 0.2) is 11.5 Å². The van der Waals surface area contributed by atoms with Crippen LogP contribution in [-0.2, 0) is 11.3 Å². The number of rotatable bonds is 7. The number of carboxylic acid groups (broad SMARTS) is 1. The summed E-state index contributed by atoms with van der Waals surface area (Å²) in [5.41, 5.74) is 0.840. The molecule has 6 heteroatoms. The first-order chi connectivity index (χ1) is 8.58. The molecular weight excluding hydrogens is 238 g/mol. The predicted octanol–water partition coefficient (Wildman–Crippen LogP) is 0.974. The van der Waals surface area contributed by atoms with Gasteiger partial charge in [-0.2, -0.15) is 0 Å². The van der Waals surface area contributed by atoms with Gasteiger partial charge in [0, 0.05) is 13.1 Å². The van der Waals surface area contributed by atoms with E-state index >= 15 is 0 Å². The van der Waals surface area contributed by atoms with Gasteiger partial charge >= 0.3 is 5.97 Å². The van der Waals surface area contributed by atoms with Crippen molar-refractivity contribution in [1.29, 1.82) is 0 Å². The third kappa shape index (κ3) is 3.81. The fourth-order valence-corrected chi connectivity index (χ4v) is 1.48. The molecule has 18 heavy (non-hydrogen) atoms. The Kier molecular flexibility index (Phi) is 5.26. The second kappa shape index (κ2) is 6.70. The molecule has 0 saturated carbocycles. The first kappa shape index (κ1) is 14.1. The summed E-state index contributed by atoms with van der Waals surface area (Å²) in [7, 11) is 2.91. The molecule has 0 aromatic heterocycles. The number of hydrogen-bond acceptors (Lipinski definition) is 5. The zero-order valence-corrected chi connectivity index (χ0v) is 10.4. The zero-order valence-electron chi connectivity index (χ0n) is 10.4. The summed E-state index contributed by atoms with van der Waals surface area (Å²) in [4.78, 5) is 10.3. The van der Waals surface area contributed by atoms with E-state index in [2.05, 4.69) is 5.32 Å². The molecule has 0 radical (unpaired) electrons. The number of carbonyl (C=O) groups is 1.